The van der Waals surface area contributed by atoms with Crippen LogP contribution in [0.2, 0.25) is 0 Å². The molecule has 176 valence electrons. The number of hydrogen-bond acceptors (Lipinski definition) is 5. The Morgan fingerprint density at radius 2 is 1.91 bits per heavy atom. The van der Waals surface area contributed by atoms with Crippen LogP contribution in [0.1, 0.15) is 52.5 Å². The topological polar surface area (TPSA) is 83.7 Å². The van der Waals surface area contributed by atoms with Crippen LogP contribution in [0, 0.1) is 6.92 Å². The van der Waals surface area contributed by atoms with Gasteiger partial charge < -0.3 is 24.7 Å². The molecule has 0 spiro atoms. The monoisotopic (exact) mass is 451 g/mol. The standard InChI is InChI=1S/C26H33N3O4/c1-3-29(20-10-13-32-14-11-20)24-9-6-8-22-21(24)7-4-5-12-33-17-19-15-18(2)28-26(31)23(19)16-27-25(22)30/h4-6,8-9,15,20H,3,7,10-14,16-17H2,1-2H3,(H,27,30)(H,28,31). The average molecular weight is 452 g/mol. The minimum Gasteiger partial charge on any atom is -0.381 e. The van der Waals surface area contributed by atoms with Crippen LogP contribution in [-0.4, -0.2) is 43.3 Å². The van der Waals surface area contributed by atoms with E-state index in [0.29, 0.717) is 36.8 Å². The summed E-state index contributed by atoms with van der Waals surface area (Å²) in [6, 6.07) is 8.23. The van der Waals surface area contributed by atoms with E-state index in [1.54, 1.807) is 0 Å². The zero-order valence-corrected chi connectivity index (χ0v) is 19.5. The Hall–Kier alpha value is -2.90. The van der Waals surface area contributed by atoms with Gasteiger partial charge in [-0.05, 0) is 62.4 Å². The Labute approximate surface area is 194 Å². The molecule has 1 saturated heterocycles. The van der Waals surface area contributed by atoms with Crippen molar-refractivity contribution in [2.24, 2.45) is 0 Å². The molecule has 2 N–H and O–H groups in total. The fourth-order valence-electron chi connectivity index (χ4n) is 4.77. The molecule has 0 radical (unpaired) electrons. The molecule has 0 bridgehead atoms. The van der Waals surface area contributed by atoms with Crippen molar-refractivity contribution in [1.82, 2.24) is 10.3 Å². The Balaban J connectivity index is 1.70. The number of benzene rings is 1. The molecule has 0 unspecified atom stereocenters. The van der Waals surface area contributed by atoms with Crippen molar-refractivity contribution in [1.29, 1.82) is 0 Å². The molecule has 2 aromatic rings. The molecular weight excluding hydrogens is 418 g/mol. The molecule has 7 nitrogen and oxygen atoms in total. The van der Waals surface area contributed by atoms with Crippen molar-refractivity contribution >= 4 is 11.6 Å². The quantitative estimate of drug-likeness (QED) is 0.700. The number of aryl methyl sites for hydroxylation is 1. The molecule has 3 heterocycles. The molecule has 1 aromatic carbocycles. The van der Waals surface area contributed by atoms with Crippen molar-refractivity contribution in [2.45, 2.75) is 52.3 Å². The van der Waals surface area contributed by atoms with Gasteiger partial charge in [0.1, 0.15) is 0 Å². The van der Waals surface area contributed by atoms with E-state index in [1.165, 1.54) is 0 Å². The Kier molecular flexibility index (Phi) is 7.62. The number of pyridine rings is 1. The minimum absolute atomic E-state index is 0.154. The highest BCUT2D eigenvalue weighted by molar-refractivity contribution is 5.97. The number of aromatic amines is 1. The Bertz CT molecular complexity index is 1070. The van der Waals surface area contributed by atoms with E-state index in [-0.39, 0.29) is 18.0 Å². The molecule has 0 aliphatic carbocycles. The van der Waals surface area contributed by atoms with Gasteiger partial charge in [-0.2, -0.15) is 0 Å². The third-order valence-corrected chi connectivity index (χ3v) is 6.43. The van der Waals surface area contributed by atoms with Crippen LogP contribution in [0.3, 0.4) is 0 Å². The van der Waals surface area contributed by atoms with E-state index in [4.69, 9.17) is 9.47 Å². The second kappa shape index (κ2) is 10.8. The van der Waals surface area contributed by atoms with Gasteiger partial charge in [-0.15, -0.1) is 0 Å². The predicted molar refractivity (Wildman–Crippen MR) is 129 cm³/mol. The largest absolute Gasteiger partial charge is 0.381 e. The lowest BCUT2D eigenvalue weighted by Gasteiger charge is -2.37. The first-order valence-corrected chi connectivity index (χ1v) is 11.8. The number of anilines is 1. The summed E-state index contributed by atoms with van der Waals surface area (Å²) >= 11 is 0. The lowest BCUT2D eigenvalue weighted by Crippen LogP contribution is -2.40. The molecule has 4 rings (SSSR count). The Morgan fingerprint density at radius 3 is 2.70 bits per heavy atom. The molecule has 7 heteroatoms. The lowest BCUT2D eigenvalue weighted by molar-refractivity contribution is 0.0845. The van der Waals surface area contributed by atoms with Gasteiger partial charge in [0.25, 0.3) is 11.5 Å². The number of rotatable bonds is 3. The van der Waals surface area contributed by atoms with Crippen molar-refractivity contribution < 1.29 is 14.3 Å². The number of nitrogens with zero attached hydrogens (tertiary/aromatic N) is 1. The summed E-state index contributed by atoms with van der Waals surface area (Å²) in [6.07, 6.45) is 6.64. The molecule has 33 heavy (non-hydrogen) atoms. The predicted octanol–water partition coefficient (Wildman–Crippen LogP) is 3.25. The molecule has 0 atom stereocenters. The van der Waals surface area contributed by atoms with E-state index in [2.05, 4.69) is 34.3 Å². The van der Waals surface area contributed by atoms with Crippen LogP contribution < -0.4 is 15.8 Å². The number of nitrogens with one attached hydrogen (secondary N) is 2. The van der Waals surface area contributed by atoms with Crippen molar-refractivity contribution in [3.8, 4) is 0 Å². The van der Waals surface area contributed by atoms with Crippen molar-refractivity contribution in [3.63, 3.8) is 0 Å². The third kappa shape index (κ3) is 5.37. The number of carbonyl (C=O) groups excluding carboxylic acids is 1. The van der Waals surface area contributed by atoms with Crippen LogP contribution in [0.4, 0.5) is 5.69 Å². The second-order valence-electron chi connectivity index (χ2n) is 8.59. The number of aromatic nitrogens is 1. The van der Waals surface area contributed by atoms with Crippen molar-refractivity contribution in [3.05, 3.63) is 74.7 Å². The normalized spacial score (nSPS) is 17.7. The first-order valence-electron chi connectivity index (χ1n) is 11.8. The summed E-state index contributed by atoms with van der Waals surface area (Å²) in [5.41, 5.74) is 4.65. The maximum Gasteiger partial charge on any atom is 0.253 e. The van der Waals surface area contributed by atoms with Crippen LogP contribution in [-0.2, 0) is 29.0 Å². The highest BCUT2D eigenvalue weighted by Crippen LogP contribution is 2.30. The van der Waals surface area contributed by atoms with E-state index in [1.807, 2.05) is 31.2 Å². The van der Waals surface area contributed by atoms with Gasteiger partial charge in [-0.3, -0.25) is 9.59 Å². The minimum atomic E-state index is -0.190. The Morgan fingerprint density at radius 1 is 1.09 bits per heavy atom. The number of H-pyrrole nitrogens is 1. The van der Waals surface area contributed by atoms with Gasteiger partial charge in [0, 0.05) is 54.9 Å². The van der Waals surface area contributed by atoms with Gasteiger partial charge in [-0.1, -0.05) is 18.2 Å². The van der Waals surface area contributed by atoms with Crippen LogP contribution in [0.25, 0.3) is 0 Å². The van der Waals surface area contributed by atoms with Gasteiger partial charge in [0.2, 0.25) is 0 Å². The summed E-state index contributed by atoms with van der Waals surface area (Å²) < 4.78 is 11.4. The molecule has 1 aromatic heterocycles. The zero-order valence-electron chi connectivity index (χ0n) is 19.5. The maximum absolute atomic E-state index is 13.3. The summed E-state index contributed by atoms with van der Waals surface area (Å²) in [6.45, 7) is 7.32. The molecular formula is C26H33N3O4. The van der Waals surface area contributed by atoms with E-state index in [9.17, 15) is 9.59 Å². The van der Waals surface area contributed by atoms with E-state index >= 15 is 0 Å². The number of allylic oxidation sites excluding steroid dienone is 1. The number of hydrogen-bond donors (Lipinski definition) is 2. The molecule has 2 aliphatic rings. The van der Waals surface area contributed by atoms with Gasteiger partial charge >= 0.3 is 0 Å². The SMILES string of the molecule is CCN(c1cccc2c1CC=CCOCc1cc(C)[nH]c(=O)c1CNC2=O)C1CCOCC1. The molecule has 1 amide bonds. The summed E-state index contributed by atoms with van der Waals surface area (Å²) in [4.78, 5) is 31.1. The third-order valence-electron chi connectivity index (χ3n) is 6.43. The van der Waals surface area contributed by atoms with Gasteiger partial charge in [-0.25, -0.2) is 0 Å². The summed E-state index contributed by atoms with van der Waals surface area (Å²) in [7, 11) is 0. The van der Waals surface area contributed by atoms with Crippen LogP contribution in [0.5, 0.6) is 0 Å². The summed E-state index contributed by atoms with van der Waals surface area (Å²) in [5, 5.41) is 2.98. The van der Waals surface area contributed by atoms with Crippen LogP contribution in [0.15, 0.2) is 41.2 Å². The first-order chi connectivity index (χ1) is 16.1. The van der Waals surface area contributed by atoms with Crippen molar-refractivity contribution in [2.75, 3.05) is 31.3 Å². The lowest BCUT2D eigenvalue weighted by atomic mass is 9.97. The highest BCUT2D eigenvalue weighted by Gasteiger charge is 2.25. The van der Waals surface area contributed by atoms with Gasteiger partial charge in [0.15, 0.2) is 0 Å². The molecule has 2 aliphatic heterocycles. The van der Waals surface area contributed by atoms with E-state index in [0.717, 1.165) is 55.1 Å². The first kappa shape index (κ1) is 23.3. The molecule has 1 fully saturated rings. The summed E-state index contributed by atoms with van der Waals surface area (Å²) in [5.74, 6) is -0.172. The number of carbonyl (C=O) groups is 1. The smallest absolute Gasteiger partial charge is 0.253 e. The second-order valence-corrected chi connectivity index (χ2v) is 8.59. The van der Waals surface area contributed by atoms with Crippen LogP contribution >= 0.6 is 0 Å². The number of ether oxygens (including phenoxy) is 2. The fourth-order valence-corrected chi connectivity index (χ4v) is 4.77. The average Bonchev–Trinajstić information content (AvgIpc) is 2.83. The zero-order chi connectivity index (χ0) is 23.2. The van der Waals surface area contributed by atoms with Gasteiger partial charge in [0.05, 0.1) is 13.2 Å². The fraction of sp³-hybridized carbons (Fsp3) is 0.462. The highest BCUT2D eigenvalue weighted by atomic mass is 16.5. The van der Waals surface area contributed by atoms with E-state index < -0.39 is 0 Å². The maximum atomic E-state index is 13.3. The number of fused-ring (bicyclic) bond motifs is 2. The molecule has 0 saturated carbocycles. The number of amides is 1.